The number of aliphatic imine (C=N–C) groups is 2. The maximum atomic E-state index is 12.6. The van der Waals surface area contributed by atoms with Crippen molar-refractivity contribution < 1.29 is 96.0 Å². The minimum Gasteiger partial charge on any atom is -0.675 e. The fraction of sp³-hybridized carbons (Fsp3) is 0.535. The molecule has 20 nitrogen and oxygen atoms in total. The zero-order chi connectivity index (χ0) is 47.0. The number of allylic oxidation sites excluding steroid dienone is 7. The van der Waals surface area contributed by atoms with E-state index in [-0.39, 0.29) is 99.1 Å². The average molecular weight is 930 g/mol. The van der Waals surface area contributed by atoms with E-state index in [1.165, 1.54) is 39.8 Å². The quantitative estimate of drug-likeness (QED) is 0.111. The standard InChI is InChI=1S/C43H52N4O16.Co/c1-40(12-11-33(54)55)24(14-35(58)59)38-39-42(3,19-37(62)63)21(6-9-31(50)51)26(45-39)16-29-41(2,18-36(60)61)22(7-10-32(52)53)27(44-29)17-43(4)23(13-34(56)57)20(5-8-30(48)49)25(47-43)15-28(40)46-38;/h15-16,21,24H,5-14,17-19H2,1-4H3,(H10,44,45,46,47,48,49,50,51,52,53,54,55,56,57,58,59,60,61,62,63);/p-10/b39-38-;/t21-,24+,40-,41+,42+,43+;/m1./s1. The second-order valence-corrected chi connectivity index (χ2v) is 17.4. The van der Waals surface area contributed by atoms with Gasteiger partial charge in [0.2, 0.25) is 0 Å². The molecule has 5 aliphatic heterocycles. The smallest absolute Gasteiger partial charge is 0.0495 e. The molecule has 8 bridgehead atoms. The molecule has 0 spiro atoms. The van der Waals surface area contributed by atoms with Crippen LogP contribution in [0.2, 0.25) is 0 Å². The van der Waals surface area contributed by atoms with Crippen LogP contribution in [-0.2, 0) is 55.1 Å². The van der Waals surface area contributed by atoms with Crippen LogP contribution in [0.5, 0.6) is 0 Å². The monoisotopic (exact) mass is 929 g/mol. The van der Waals surface area contributed by atoms with Crippen molar-refractivity contribution in [2.24, 2.45) is 38.1 Å². The molecule has 64 heavy (non-hydrogen) atoms. The predicted octanol–water partition coefficient (Wildman–Crippen LogP) is -4.71. The Morgan fingerprint density at radius 1 is 0.641 bits per heavy atom. The molecule has 5 aliphatic rings. The third-order valence-electron chi connectivity index (χ3n) is 13.0. The average Bonchev–Trinajstić information content (AvgIpc) is 3.73. The molecule has 0 aromatic rings. The van der Waals surface area contributed by atoms with Gasteiger partial charge in [0.05, 0.1) is 0 Å². The largest absolute Gasteiger partial charge is 0.675 e. The summed E-state index contributed by atoms with van der Waals surface area (Å²) in [5, 5.41) is 108. The molecule has 1 saturated heterocycles. The molecule has 0 saturated carbocycles. The van der Waals surface area contributed by atoms with Gasteiger partial charge in [-0.05, 0) is 94.5 Å². The van der Waals surface area contributed by atoms with Gasteiger partial charge in [-0.3, -0.25) is 9.98 Å². The molecule has 1 fully saturated rings. The molecule has 0 N–H and O–H groups in total. The first kappa shape index (κ1) is 50.6. The van der Waals surface area contributed by atoms with Crippen molar-refractivity contribution >= 4 is 59.2 Å². The van der Waals surface area contributed by atoms with E-state index in [0.29, 0.717) is 0 Å². The Bertz CT molecular complexity index is 2310. The van der Waals surface area contributed by atoms with Crippen molar-refractivity contribution in [1.82, 2.24) is 0 Å². The Morgan fingerprint density at radius 3 is 1.78 bits per heavy atom. The molecule has 5 rings (SSSR count). The zero-order valence-electron chi connectivity index (χ0n) is 35.2. The molecular weight excluding hydrogens is 887 g/mol. The first-order chi connectivity index (χ1) is 29.2. The van der Waals surface area contributed by atoms with Gasteiger partial charge in [0.15, 0.2) is 0 Å². The molecule has 0 aromatic carbocycles. The maximum absolute atomic E-state index is 12.6. The van der Waals surface area contributed by atoms with E-state index in [1.54, 1.807) is 0 Å². The van der Waals surface area contributed by atoms with Gasteiger partial charge >= 0.3 is 0 Å². The third-order valence-corrected chi connectivity index (χ3v) is 13.0. The van der Waals surface area contributed by atoms with Gasteiger partial charge in [0, 0.05) is 117 Å². The first-order valence-electron chi connectivity index (χ1n) is 20.1. The van der Waals surface area contributed by atoms with Crippen LogP contribution in [0, 0.1) is 28.1 Å². The van der Waals surface area contributed by atoms with Crippen LogP contribution in [0.1, 0.15) is 111 Å². The number of nitrogens with zero attached hydrogens (tertiary/aromatic N) is 4. The topological polar surface area (TPSA) is 374 Å². The summed E-state index contributed by atoms with van der Waals surface area (Å²) in [5.74, 6) is -15.2. The minimum absolute atomic E-state index is 0. The van der Waals surface area contributed by atoms with Crippen LogP contribution in [0.25, 0.3) is 10.6 Å². The summed E-state index contributed by atoms with van der Waals surface area (Å²) < 4.78 is 0. The number of carboxylic acid groups (broad SMARTS) is 8. The van der Waals surface area contributed by atoms with Crippen molar-refractivity contribution in [3.05, 3.63) is 68.0 Å². The molecule has 0 aromatic heterocycles. The number of aliphatic carboxylic acids is 8. The Labute approximate surface area is 376 Å². The second-order valence-electron chi connectivity index (χ2n) is 17.4. The molecule has 1 radical (unpaired) electrons. The third kappa shape index (κ3) is 10.1. The summed E-state index contributed by atoms with van der Waals surface area (Å²) in [6.07, 6.45) is -5.31. The van der Waals surface area contributed by atoms with Crippen molar-refractivity contribution in [2.75, 3.05) is 0 Å². The van der Waals surface area contributed by atoms with E-state index >= 15 is 0 Å². The van der Waals surface area contributed by atoms with Crippen molar-refractivity contribution in [3.63, 3.8) is 0 Å². The molecule has 5 heterocycles. The second kappa shape index (κ2) is 18.9. The van der Waals surface area contributed by atoms with Crippen molar-refractivity contribution in [2.45, 2.75) is 117 Å². The van der Waals surface area contributed by atoms with E-state index in [4.69, 9.17) is 20.6 Å². The number of carboxylic acids is 8. The van der Waals surface area contributed by atoms with Crippen LogP contribution < -0.4 is 40.9 Å². The van der Waals surface area contributed by atoms with E-state index in [0.717, 1.165) is 0 Å². The van der Waals surface area contributed by atoms with Gasteiger partial charge in [0.1, 0.15) is 0 Å². The SMILES string of the molecule is C[C@@]1(CC(=O)[O-])C2=NC(=C1CCC(=O)[O-])C[C@]1(C)[N-]/C(=C\C3=NC(=C4\[N-]/C(=C\2)[C@@H](CCC(=O)[O-])[C@]4(C)CC(=O)[O-])/[C@H](CC(=O)[O-])[C@@]3(C)CCC(=O)[O-])C(CCC(=O)[O-])=C1CC(=O)[O-].[Co]. The number of carbonyl (C=O) groups is 8. The van der Waals surface area contributed by atoms with Crippen LogP contribution in [0.4, 0.5) is 0 Å². The Balaban J connectivity index is 0.00000898. The summed E-state index contributed by atoms with van der Waals surface area (Å²) in [7, 11) is 0. The van der Waals surface area contributed by atoms with Gasteiger partial charge in [-0.1, -0.05) is 49.6 Å². The summed E-state index contributed by atoms with van der Waals surface area (Å²) in [6, 6.07) is 0. The van der Waals surface area contributed by atoms with Crippen molar-refractivity contribution in [3.8, 4) is 0 Å². The van der Waals surface area contributed by atoms with Gasteiger partial charge in [-0.25, -0.2) is 0 Å². The number of carbonyl (C=O) groups excluding carboxylic acids is 8. The van der Waals surface area contributed by atoms with E-state index in [9.17, 15) is 79.2 Å². The Morgan fingerprint density at radius 2 is 1.23 bits per heavy atom. The summed E-state index contributed by atoms with van der Waals surface area (Å²) in [5.41, 5.74) is -7.23. The number of rotatable bonds is 20. The van der Waals surface area contributed by atoms with Gasteiger partial charge in [-0.2, -0.15) is 5.70 Å². The van der Waals surface area contributed by atoms with E-state index in [2.05, 4.69) is 0 Å². The molecular formula is C43H42CoN4O16-10. The van der Waals surface area contributed by atoms with Crippen LogP contribution in [0.3, 0.4) is 0 Å². The summed E-state index contributed by atoms with van der Waals surface area (Å²) >= 11 is 0. The van der Waals surface area contributed by atoms with Crippen LogP contribution in [0.15, 0.2) is 67.3 Å². The molecule has 349 valence electrons. The van der Waals surface area contributed by atoms with Crippen molar-refractivity contribution in [1.29, 1.82) is 0 Å². The number of hydrogen-bond acceptors (Lipinski definition) is 18. The van der Waals surface area contributed by atoms with Crippen LogP contribution >= 0.6 is 0 Å². The Kier molecular flexibility index (Phi) is 15.0. The molecule has 0 amide bonds. The fourth-order valence-corrected chi connectivity index (χ4v) is 9.90. The predicted molar refractivity (Wildman–Crippen MR) is 199 cm³/mol. The maximum Gasteiger partial charge on any atom is 0.0495 e. The molecule has 21 heteroatoms. The van der Waals surface area contributed by atoms with Gasteiger partial charge in [-0.15, -0.1) is 11.4 Å². The van der Waals surface area contributed by atoms with Gasteiger partial charge < -0.3 is 89.8 Å². The van der Waals surface area contributed by atoms with E-state index < -0.39 is 139 Å². The fourth-order valence-electron chi connectivity index (χ4n) is 9.90. The zero-order valence-corrected chi connectivity index (χ0v) is 36.2. The number of hydrogen-bond donors (Lipinski definition) is 0. The normalized spacial score (nSPS) is 30.8. The van der Waals surface area contributed by atoms with Crippen LogP contribution in [-0.4, -0.2) is 64.7 Å². The molecule has 0 unspecified atom stereocenters. The molecule has 0 aliphatic carbocycles. The number of fused-ring (bicyclic) bond motifs is 6. The first-order valence-corrected chi connectivity index (χ1v) is 20.1. The summed E-state index contributed by atoms with van der Waals surface area (Å²) in [6.45, 7) is 5.77. The van der Waals surface area contributed by atoms with Gasteiger partial charge in [0.25, 0.3) is 0 Å². The Hall–Kier alpha value is -6.09. The summed E-state index contributed by atoms with van der Waals surface area (Å²) in [4.78, 5) is 108. The molecule has 6 atom stereocenters. The van der Waals surface area contributed by atoms with E-state index in [1.807, 2.05) is 0 Å². The minimum atomic E-state index is -1.78.